The molecule has 0 spiro atoms. The molecule has 0 unspecified atom stereocenters. The van der Waals surface area contributed by atoms with Crippen molar-refractivity contribution in [2.75, 3.05) is 12.3 Å². The minimum atomic E-state index is -0.657. The number of amides is 1. The molecule has 9 nitrogen and oxygen atoms in total. The third-order valence-electron chi connectivity index (χ3n) is 5.58. The van der Waals surface area contributed by atoms with E-state index in [1.54, 1.807) is 46.0 Å². The Morgan fingerprint density at radius 1 is 1.25 bits per heavy atom. The first-order chi connectivity index (χ1) is 15.4. The van der Waals surface area contributed by atoms with Crippen molar-refractivity contribution in [3.8, 4) is 29.1 Å². The summed E-state index contributed by atoms with van der Waals surface area (Å²) in [4.78, 5) is 18.0. The molecule has 2 aromatic heterocycles. The van der Waals surface area contributed by atoms with E-state index in [9.17, 15) is 10.1 Å². The van der Waals surface area contributed by atoms with Gasteiger partial charge in [0, 0.05) is 23.9 Å². The summed E-state index contributed by atoms with van der Waals surface area (Å²) in [6.07, 6.45) is 5.33. The number of anilines is 1. The molecule has 0 aliphatic carbocycles. The van der Waals surface area contributed by atoms with Crippen molar-refractivity contribution in [3.63, 3.8) is 0 Å². The van der Waals surface area contributed by atoms with Crippen LogP contribution < -0.4 is 16.2 Å². The molecular weight excluding hydrogens is 430 g/mol. The number of rotatable bonds is 5. The number of likely N-dealkylation sites (tertiary alicyclic amines) is 1. The first-order valence-corrected chi connectivity index (χ1v) is 10.5. The molecule has 0 radical (unpaired) electrons. The second-order valence-electron chi connectivity index (χ2n) is 7.69. The van der Waals surface area contributed by atoms with Crippen LogP contribution in [-0.2, 0) is 0 Å². The number of nitrogens with two attached hydrogens (primary N) is 2. The maximum absolute atomic E-state index is 12.2. The zero-order chi connectivity index (χ0) is 22.8. The lowest BCUT2D eigenvalue weighted by molar-refractivity contribution is 0.100. The molecule has 4 N–H and O–H groups in total. The molecule has 1 aromatic carbocycles. The lowest BCUT2D eigenvalue weighted by Gasteiger charge is -2.34. The first-order valence-electron chi connectivity index (χ1n) is 10.1. The van der Waals surface area contributed by atoms with E-state index in [1.807, 2.05) is 6.92 Å². The maximum Gasteiger partial charge on any atom is 0.254 e. The number of carbonyl (C=O) groups excluding carboxylic acids is 1. The molecule has 3 heterocycles. The van der Waals surface area contributed by atoms with Crippen LogP contribution in [0.5, 0.6) is 11.6 Å². The number of benzene rings is 1. The van der Waals surface area contributed by atoms with Crippen LogP contribution in [0, 0.1) is 11.5 Å². The first kappa shape index (κ1) is 21.5. The average molecular weight is 452 g/mol. The van der Waals surface area contributed by atoms with Crippen LogP contribution in [-0.4, -0.2) is 38.2 Å². The van der Waals surface area contributed by atoms with Gasteiger partial charge in [0.1, 0.15) is 22.8 Å². The topological polar surface area (TPSA) is 136 Å². The van der Waals surface area contributed by atoms with Crippen LogP contribution in [0.1, 0.15) is 36.2 Å². The summed E-state index contributed by atoms with van der Waals surface area (Å²) in [7, 11) is 0. The van der Waals surface area contributed by atoms with Gasteiger partial charge in [-0.15, -0.1) is 0 Å². The monoisotopic (exact) mass is 451 g/mol. The van der Waals surface area contributed by atoms with Gasteiger partial charge in [-0.2, -0.15) is 10.4 Å². The number of carbonyl (C=O) groups is 1. The quantitative estimate of drug-likeness (QED) is 0.565. The highest BCUT2D eigenvalue weighted by Crippen LogP contribution is 2.34. The van der Waals surface area contributed by atoms with Crippen LogP contribution >= 0.6 is 11.6 Å². The van der Waals surface area contributed by atoms with Gasteiger partial charge in [-0.3, -0.25) is 4.79 Å². The Labute approximate surface area is 190 Å². The number of pyridine rings is 1. The zero-order valence-corrected chi connectivity index (χ0v) is 18.2. The number of nitriles is 1. The van der Waals surface area contributed by atoms with Crippen molar-refractivity contribution in [1.29, 1.82) is 5.26 Å². The summed E-state index contributed by atoms with van der Waals surface area (Å²) in [6.45, 7) is 2.48. The van der Waals surface area contributed by atoms with Gasteiger partial charge in [0.2, 0.25) is 5.88 Å². The van der Waals surface area contributed by atoms with Gasteiger partial charge in [0.15, 0.2) is 6.19 Å². The summed E-state index contributed by atoms with van der Waals surface area (Å²) < 4.78 is 7.33. The molecule has 1 aliphatic heterocycles. The molecule has 3 aromatic rings. The van der Waals surface area contributed by atoms with Gasteiger partial charge in [-0.1, -0.05) is 11.6 Å². The Hall–Kier alpha value is -3.77. The number of nitrogen functional groups attached to an aromatic ring is 1. The summed E-state index contributed by atoms with van der Waals surface area (Å²) in [6, 6.07) is 10.4. The largest absolute Gasteiger partial charge is 0.439 e. The summed E-state index contributed by atoms with van der Waals surface area (Å²) in [5.41, 5.74) is 13.2. The third kappa shape index (κ3) is 4.18. The normalized spacial score (nSPS) is 18.2. The van der Waals surface area contributed by atoms with Gasteiger partial charge in [0.25, 0.3) is 5.91 Å². The number of halogens is 1. The van der Waals surface area contributed by atoms with Crippen LogP contribution in [0.3, 0.4) is 0 Å². The lowest BCUT2D eigenvalue weighted by Crippen LogP contribution is -2.39. The summed E-state index contributed by atoms with van der Waals surface area (Å²) in [5.74, 6) is 0.510. The molecule has 32 heavy (non-hydrogen) atoms. The van der Waals surface area contributed by atoms with E-state index in [0.29, 0.717) is 34.5 Å². The fourth-order valence-electron chi connectivity index (χ4n) is 3.82. The van der Waals surface area contributed by atoms with Crippen molar-refractivity contribution >= 4 is 23.3 Å². The van der Waals surface area contributed by atoms with Gasteiger partial charge in [-0.05, 0) is 50.1 Å². The maximum atomic E-state index is 12.2. The molecule has 0 saturated carbocycles. The standard InChI is InChI=1S/C22H22ClN7O2/c1-13-2-6-16(11-29(13)12-24)30-21(25)19(22(26)31)20(28-30)14-3-7-17(8-4-14)32-18-9-5-15(23)10-27-18/h3-5,7-10,13,16H,2,6,11,25H2,1H3,(H2,26,31)/t13-,16+/m1/s1. The minimum absolute atomic E-state index is 0.128. The highest BCUT2D eigenvalue weighted by Gasteiger charge is 2.30. The predicted molar refractivity (Wildman–Crippen MR) is 120 cm³/mol. The lowest BCUT2D eigenvalue weighted by atomic mass is 10.00. The number of aromatic nitrogens is 3. The molecule has 0 bridgehead atoms. The smallest absolute Gasteiger partial charge is 0.254 e. The minimum Gasteiger partial charge on any atom is -0.439 e. The Morgan fingerprint density at radius 3 is 2.62 bits per heavy atom. The molecule has 4 rings (SSSR count). The van der Waals surface area contributed by atoms with Crippen LogP contribution in [0.25, 0.3) is 11.3 Å². The van der Waals surface area contributed by atoms with Crippen molar-refractivity contribution < 1.29 is 9.53 Å². The van der Waals surface area contributed by atoms with Crippen molar-refractivity contribution in [3.05, 3.63) is 53.2 Å². The third-order valence-corrected chi connectivity index (χ3v) is 5.80. The van der Waals surface area contributed by atoms with E-state index >= 15 is 0 Å². The number of piperidine rings is 1. The molecule has 2 atom stereocenters. The van der Waals surface area contributed by atoms with E-state index in [1.165, 1.54) is 6.20 Å². The van der Waals surface area contributed by atoms with Crippen molar-refractivity contribution in [2.45, 2.75) is 31.8 Å². The number of hydrogen-bond donors (Lipinski definition) is 2. The Kier molecular flexibility index (Phi) is 5.88. The second kappa shape index (κ2) is 8.77. The molecule has 1 saturated heterocycles. The molecular formula is C22H22ClN7O2. The predicted octanol–water partition coefficient (Wildman–Crippen LogP) is 3.58. The molecule has 1 amide bonds. The number of nitrogens with zero attached hydrogens (tertiary/aromatic N) is 5. The average Bonchev–Trinajstić information content (AvgIpc) is 3.13. The number of hydrogen-bond acceptors (Lipinski definition) is 7. The highest BCUT2D eigenvalue weighted by molar-refractivity contribution is 6.30. The van der Waals surface area contributed by atoms with Gasteiger partial charge in [-0.25, -0.2) is 9.67 Å². The number of primary amides is 1. The SMILES string of the molecule is C[C@@H]1CC[C@H](n2nc(-c3ccc(Oc4ccc(Cl)cn4)cc3)c(C(N)=O)c2N)CN1C#N. The van der Waals surface area contributed by atoms with Crippen LogP contribution in [0.15, 0.2) is 42.6 Å². The van der Waals surface area contributed by atoms with Gasteiger partial charge < -0.3 is 21.1 Å². The highest BCUT2D eigenvalue weighted by atomic mass is 35.5. The Balaban J connectivity index is 1.63. The van der Waals surface area contributed by atoms with Crippen LogP contribution in [0.4, 0.5) is 5.82 Å². The van der Waals surface area contributed by atoms with Crippen LogP contribution in [0.2, 0.25) is 5.02 Å². The van der Waals surface area contributed by atoms with E-state index in [4.69, 9.17) is 27.8 Å². The summed E-state index contributed by atoms with van der Waals surface area (Å²) in [5, 5.41) is 14.5. The molecule has 10 heteroatoms. The summed E-state index contributed by atoms with van der Waals surface area (Å²) >= 11 is 5.84. The Morgan fingerprint density at radius 2 is 2.00 bits per heavy atom. The van der Waals surface area contributed by atoms with E-state index in [-0.39, 0.29) is 23.5 Å². The second-order valence-corrected chi connectivity index (χ2v) is 8.13. The molecule has 1 fully saturated rings. The van der Waals surface area contributed by atoms with E-state index in [0.717, 1.165) is 12.8 Å². The van der Waals surface area contributed by atoms with Crippen molar-refractivity contribution in [2.24, 2.45) is 5.73 Å². The van der Waals surface area contributed by atoms with E-state index in [2.05, 4.69) is 16.3 Å². The van der Waals surface area contributed by atoms with Gasteiger partial charge >= 0.3 is 0 Å². The van der Waals surface area contributed by atoms with Crippen molar-refractivity contribution in [1.82, 2.24) is 19.7 Å². The fourth-order valence-corrected chi connectivity index (χ4v) is 3.93. The van der Waals surface area contributed by atoms with Gasteiger partial charge in [0.05, 0.1) is 17.6 Å². The number of ether oxygens (including phenoxy) is 1. The molecule has 164 valence electrons. The molecule has 1 aliphatic rings. The van der Waals surface area contributed by atoms with E-state index < -0.39 is 5.91 Å². The zero-order valence-electron chi connectivity index (χ0n) is 17.4. The Bertz CT molecular complexity index is 1170. The fraction of sp³-hybridized carbons (Fsp3) is 0.273.